The molecule has 0 heterocycles. The van der Waals surface area contributed by atoms with Gasteiger partial charge in [-0.25, -0.2) is 0 Å². The summed E-state index contributed by atoms with van der Waals surface area (Å²) in [6.07, 6.45) is 20.7. The van der Waals surface area contributed by atoms with Crippen molar-refractivity contribution in [2.24, 2.45) is 11.8 Å². The average Bonchev–Trinajstić information content (AvgIpc) is 2.67. The lowest BCUT2D eigenvalue weighted by atomic mass is 9.89. The van der Waals surface area contributed by atoms with Gasteiger partial charge in [0.2, 0.25) is 5.91 Å². The van der Waals surface area contributed by atoms with Crippen LogP contribution in [0, 0.1) is 11.8 Å². The highest BCUT2D eigenvalue weighted by molar-refractivity contribution is 5.76. The first-order valence-corrected chi connectivity index (χ1v) is 10.4. The van der Waals surface area contributed by atoms with Gasteiger partial charge in [-0.05, 0) is 44.9 Å². The van der Waals surface area contributed by atoms with E-state index in [1.807, 2.05) is 62.5 Å². The molecule has 0 aliphatic heterocycles. The predicted molar refractivity (Wildman–Crippen MR) is 120 cm³/mol. The summed E-state index contributed by atoms with van der Waals surface area (Å²) in [5.74, 6) is -0.0402. The Balaban J connectivity index is 4.68. The van der Waals surface area contributed by atoms with Gasteiger partial charge in [0.25, 0.3) is 0 Å². The third-order valence-corrected chi connectivity index (χ3v) is 4.30. The third kappa shape index (κ3) is 16.7. The van der Waals surface area contributed by atoms with Crippen LogP contribution >= 0.6 is 0 Å². The Hall–Kier alpha value is -1.95. The van der Waals surface area contributed by atoms with Gasteiger partial charge in [-0.2, -0.15) is 0 Å². The first-order chi connectivity index (χ1) is 13.9. The summed E-state index contributed by atoms with van der Waals surface area (Å²) in [6, 6.07) is 0. The number of carbonyl (C=O) groups excluding carboxylic acids is 1. The normalized spacial score (nSPS) is 17.0. The van der Waals surface area contributed by atoms with Crippen LogP contribution in [-0.2, 0) is 4.79 Å². The molecule has 0 bridgehead atoms. The minimum atomic E-state index is -0.554. The first kappa shape index (κ1) is 27.0. The van der Waals surface area contributed by atoms with E-state index in [0.29, 0.717) is 19.3 Å². The number of aliphatic hydroxyl groups excluding tert-OH is 3. The summed E-state index contributed by atoms with van der Waals surface area (Å²) in [7, 11) is 0. The van der Waals surface area contributed by atoms with E-state index in [1.54, 1.807) is 13.0 Å². The Labute approximate surface area is 176 Å². The maximum Gasteiger partial charge on any atom is 0.220 e. The van der Waals surface area contributed by atoms with Gasteiger partial charge in [-0.3, -0.25) is 4.79 Å². The Morgan fingerprint density at radius 3 is 2.34 bits per heavy atom. The lowest BCUT2D eigenvalue weighted by Crippen LogP contribution is -2.29. The molecule has 0 spiro atoms. The van der Waals surface area contributed by atoms with Crippen molar-refractivity contribution in [3.8, 4) is 0 Å². The van der Waals surface area contributed by atoms with Gasteiger partial charge in [0.15, 0.2) is 0 Å². The molecule has 0 saturated carbocycles. The van der Waals surface area contributed by atoms with E-state index in [1.165, 1.54) is 0 Å². The van der Waals surface area contributed by atoms with E-state index < -0.39 is 12.2 Å². The number of hydrogen-bond acceptors (Lipinski definition) is 4. The summed E-state index contributed by atoms with van der Waals surface area (Å²) in [4.78, 5) is 12.0. The molecule has 29 heavy (non-hydrogen) atoms. The highest BCUT2D eigenvalue weighted by atomic mass is 16.3. The Bertz CT molecular complexity index is 561. The van der Waals surface area contributed by atoms with Crippen molar-refractivity contribution in [1.82, 2.24) is 5.32 Å². The second-order valence-electron chi connectivity index (χ2n) is 7.16. The van der Waals surface area contributed by atoms with Crippen molar-refractivity contribution in [3.05, 3.63) is 60.8 Å². The topological polar surface area (TPSA) is 89.8 Å². The van der Waals surface area contributed by atoms with Crippen molar-refractivity contribution in [2.75, 3.05) is 13.2 Å². The quantitative estimate of drug-likeness (QED) is 0.248. The minimum Gasteiger partial charge on any atom is -0.395 e. The van der Waals surface area contributed by atoms with Gasteiger partial charge in [-0.15, -0.1) is 0 Å². The number of aliphatic hydroxyl groups is 3. The maximum atomic E-state index is 12.0. The molecular weight excluding hydrogens is 366 g/mol. The molecular formula is C24H39NO4. The van der Waals surface area contributed by atoms with Crippen LogP contribution in [0.1, 0.15) is 46.5 Å². The minimum absolute atomic E-state index is 0.0223. The van der Waals surface area contributed by atoms with Crippen molar-refractivity contribution >= 4 is 5.91 Å². The van der Waals surface area contributed by atoms with Crippen molar-refractivity contribution < 1.29 is 20.1 Å². The number of hydrogen-bond donors (Lipinski definition) is 4. The molecule has 164 valence electrons. The van der Waals surface area contributed by atoms with E-state index in [9.17, 15) is 15.0 Å². The molecule has 0 rings (SSSR count). The molecule has 0 aliphatic rings. The van der Waals surface area contributed by atoms with Crippen molar-refractivity contribution in [1.29, 1.82) is 0 Å². The van der Waals surface area contributed by atoms with Gasteiger partial charge in [0.1, 0.15) is 0 Å². The summed E-state index contributed by atoms with van der Waals surface area (Å²) in [5, 5.41) is 31.0. The van der Waals surface area contributed by atoms with Gasteiger partial charge < -0.3 is 20.6 Å². The molecule has 0 saturated heterocycles. The number of amides is 1. The molecule has 0 aromatic heterocycles. The van der Waals surface area contributed by atoms with E-state index >= 15 is 0 Å². The zero-order valence-electron chi connectivity index (χ0n) is 18.1. The smallest absolute Gasteiger partial charge is 0.220 e. The van der Waals surface area contributed by atoms with Crippen LogP contribution in [0.5, 0.6) is 0 Å². The standard InChI is InChI=1S/C24H39NO4/c1-4-5-6-7-8-9-15-23(28)16-10-12-20(2)22(14-11-13-21(3)27)19-24(29)25-17-18-26/h4-5,7-12,14-15,20-23,26-28H,6,13,16-19H2,1-3H3,(H,25,29)/b5-4-,8-7-,12-10-,14-11-,15-9+/t20?,21-,22?,23+/m0/s1. The molecule has 4 atom stereocenters. The van der Waals surface area contributed by atoms with Gasteiger partial charge in [0, 0.05) is 13.0 Å². The summed E-state index contributed by atoms with van der Waals surface area (Å²) in [5.41, 5.74) is 0. The Kier molecular flexibility index (Phi) is 16.9. The zero-order valence-corrected chi connectivity index (χ0v) is 18.1. The molecule has 5 heteroatoms. The molecule has 4 N–H and O–H groups in total. The predicted octanol–water partition coefficient (Wildman–Crippen LogP) is 3.45. The number of allylic oxidation sites excluding steroid dienone is 7. The van der Waals surface area contributed by atoms with Gasteiger partial charge in [-0.1, -0.05) is 67.7 Å². The number of nitrogens with one attached hydrogen (secondary N) is 1. The molecule has 0 aromatic carbocycles. The molecule has 0 aliphatic carbocycles. The third-order valence-electron chi connectivity index (χ3n) is 4.30. The highest BCUT2D eigenvalue weighted by Gasteiger charge is 2.16. The molecule has 0 aromatic rings. The largest absolute Gasteiger partial charge is 0.395 e. The molecule has 2 unspecified atom stereocenters. The zero-order chi connectivity index (χ0) is 21.9. The Morgan fingerprint density at radius 2 is 1.69 bits per heavy atom. The van der Waals surface area contributed by atoms with E-state index in [4.69, 9.17) is 5.11 Å². The fraction of sp³-hybridized carbons (Fsp3) is 0.542. The average molecular weight is 406 g/mol. The van der Waals surface area contributed by atoms with E-state index in [-0.39, 0.29) is 30.9 Å². The Morgan fingerprint density at radius 1 is 0.966 bits per heavy atom. The summed E-state index contributed by atoms with van der Waals surface area (Å²) < 4.78 is 0. The molecule has 0 radical (unpaired) electrons. The van der Waals surface area contributed by atoms with Crippen LogP contribution in [0.15, 0.2) is 60.8 Å². The number of rotatable bonds is 15. The second-order valence-corrected chi connectivity index (χ2v) is 7.16. The molecule has 5 nitrogen and oxygen atoms in total. The van der Waals surface area contributed by atoms with Crippen molar-refractivity contribution in [3.63, 3.8) is 0 Å². The maximum absolute atomic E-state index is 12.0. The van der Waals surface area contributed by atoms with Crippen LogP contribution in [0.2, 0.25) is 0 Å². The lowest BCUT2D eigenvalue weighted by molar-refractivity contribution is -0.122. The van der Waals surface area contributed by atoms with Crippen LogP contribution in [-0.4, -0.2) is 46.6 Å². The fourth-order valence-electron chi connectivity index (χ4n) is 2.58. The molecule has 0 fully saturated rings. The number of carbonyl (C=O) groups is 1. The van der Waals surface area contributed by atoms with Crippen LogP contribution in [0.25, 0.3) is 0 Å². The van der Waals surface area contributed by atoms with E-state index in [2.05, 4.69) is 11.4 Å². The lowest BCUT2D eigenvalue weighted by Gasteiger charge is -2.18. The van der Waals surface area contributed by atoms with Crippen molar-refractivity contribution in [2.45, 2.75) is 58.7 Å². The first-order valence-electron chi connectivity index (χ1n) is 10.4. The summed E-state index contributed by atoms with van der Waals surface area (Å²) >= 11 is 0. The highest BCUT2D eigenvalue weighted by Crippen LogP contribution is 2.20. The van der Waals surface area contributed by atoms with Crippen LogP contribution < -0.4 is 5.32 Å². The fourth-order valence-corrected chi connectivity index (χ4v) is 2.58. The SMILES string of the molecule is C/C=C\C/C=C\C=C\[C@@H](O)C/C=C\C(C)C(/C=C\C[C@H](C)O)CC(=O)NCCO. The van der Waals surface area contributed by atoms with E-state index in [0.717, 1.165) is 6.42 Å². The van der Waals surface area contributed by atoms with Crippen LogP contribution in [0.4, 0.5) is 0 Å². The van der Waals surface area contributed by atoms with Crippen LogP contribution in [0.3, 0.4) is 0 Å². The second kappa shape index (κ2) is 18.1. The molecule has 1 amide bonds. The summed E-state index contributed by atoms with van der Waals surface area (Å²) in [6.45, 7) is 5.89. The monoisotopic (exact) mass is 405 g/mol. The van der Waals surface area contributed by atoms with Gasteiger partial charge in [0.05, 0.1) is 18.8 Å². The van der Waals surface area contributed by atoms with Gasteiger partial charge >= 0.3 is 0 Å².